The number of hydrogen-bond acceptors (Lipinski definition) is 2. The van der Waals surface area contributed by atoms with Gasteiger partial charge in [-0.15, -0.1) is 6.42 Å². The van der Waals surface area contributed by atoms with E-state index in [1.807, 2.05) is 6.92 Å². The standard InChI is InChI=1S/C11H18N2O/c1-3-8(4-2)13-11(14)9-6-5-7-10(9)12/h1,8-10H,4-7,12H2,2H3,(H,13,14). The van der Waals surface area contributed by atoms with Crippen LogP contribution in [0.15, 0.2) is 0 Å². The molecule has 1 rings (SSSR count). The Morgan fingerprint density at radius 3 is 2.86 bits per heavy atom. The number of nitrogens with one attached hydrogen (secondary N) is 1. The molecule has 0 radical (unpaired) electrons. The van der Waals surface area contributed by atoms with Gasteiger partial charge in [0.05, 0.1) is 12.0 Å². The van der Waals surface area contributed by atoms with E-state index in [9.17, 15) is 4.79 Å². The maximum Gasteiger partial charge on any atom is 0.225 e. The first kappa shape index (κ1) is 11.1. The van der Waals surface area contributed by atoms with Crippen LogP contribution in [-0.2, 0) is 4.79 Å². The van der Waals surface area contributed by atoms with Crippen molar-refractivity contribution in [2.75, 3.05) is 0 Å². The molecule has 3 heteroatoms. The minimum Gasteiger partial charge on any atom is -0.342 e. The zero-order valence-electron chi connectivity index (χ0n) is 8.62. The van der Waals surface area contributed by atoms with Gasteiger partial charge in [0, 0.05) is 6.04 Å². The first-order valence-corrected chi connectivity index (χ1v) is 5.21. The summed E-state index contributed by atoms with van der Waals surface area (Å²) in [5, 5.41) is 2.83. The number of rotatable bonds is 3. The highest BCUT2D eigenvalue weighted by Crippen LogP contribution is 2.24. The fourth-order valence-corrected chi connectivity index (χ4v) is 1.85. The summed E-state index contributed by atoms with van der Waals surface area (Å²) in [7, 11) is 0. The van der Waals surface area contributed by atoms with Crippen LogP contribution in [0.5, 0.6) is 0 Å². The van der Waals surface area contributed by atoms with Crippen LogP contribution in [0, 0.1) is 18.3 Å². The number of carbonyl (C=O) groups is 1. The average molecular weight is 194 g/mol. The Morgan fingerprint density at radius 1 is 1.71 bits per heavy atom. The van der Waals surface area contributed by atoms with Gasteiger partial charge in [0.2, 0.25) is 5.91 Å². The van der Waals surface area contributed by atoms with Gasteiger partial charge in [0.1, 0.15) is 0 Å². The Hall–Kier alpha value is -1.01. The summed E-state index contributed by atoms with van der Waals surface area (Å²) in [6.45, 7) is 1.96. The molecular formula is C11H18N2O. The van der Waals surface area contributed by atoms with Crippen molar-refractivity contribution in [2.24, 2.45) is 11.7 Å². The van der Waals surface area contributed by atoms with Crippen LogP contribution in [0.2, 0.25) is 0 Å². The van der Waals surface area contributed by atoms with Gasteiger partial charge in [-0.25, -0.2) is 0 Å². The maximum atomic E-state index is 11.7. The second-order valence-electron chi connectivity index (χ2n) is 3.84. The summed E-state index contributed by atoms with van der Waals surface area (Å²) in [4.78, 5) is 11.7. The van der Waals surface area contributed by atoms with Crippen LogP contribution >= 0.6 is 0 Å². The van der Waals surface area contributed by atoms with Gasteiger partial charge in [0.25, 0.3) is 0 Å². The van der Waals surface area contributed by atoms with Gasteiger partial charge in [-0.2, -0.15) is 0 Å². The third kappa shape index (κ3) is 2.49. The Labute approximate surface area is 85.4 Å². The summed E-state index contributed by atoms with van der Waals surface area (Å²) in [6, 6.07) is -0.124. The average Bonchev–Trinajstić information content (AvgIpc) is 2.60. The maximum absolute atomic E-state index is 11.7. The van der Waals surface area contributed by atoms with Crippen molar-refractivity contribution >= 4 is 5.91 Å². The van der Waals surface area contributed by atoms with E-state index < -0.39 is 0 Å². The van der Waals surface area contributed by atoms with E-state index in [4.69, 9.17) is 12.2 Å². The highest BCUT2D eigenvalue weighted by molar-refractivity contribution is 5.80. The summed E-state index contributed by atoms with van der Waals surface area (Å²) < 4.78 is 0. The number of hydrogen-bond donors (Lipinski definition) is 2. The van der Waals surface area contributed by atoms with Gasteiger partial charge in [-0.3, -0.25) is 4.79 Å². The third-order valence-corrected chi connectivity index (χ3v) is 2.83. The van der Waals surface area contributed by atoms with Gasteiger partial charge in [0.15, 0.2) is 0 Å². The topological polar surface area (TPSA) is 55.1 Å². The van der Waals surface area contributed by atoms with Crippen molar-refractivity contribution < 1.29 is 4.79 Å². The molecule has 3 atom stereocenters. The molecule has 1 aliphatic carbocycles. The summed E-state index contributed by atoms with van der Waals surface area (Å²) >= 11 is 0. The predicted octanol–water partition coefficient (Wildman–Crippen LogP) is 0.642. The minimum atomic E-state index is -0.143. The molecule has 1 amide bonds. The van der Waals surface area contributed by atoms with Crippen molar-refractivity contribution in [1.82, 2.24) is 5.32 Å². The molecule has 0 heterocycles. The predicted molar refractivity (Wildman–Crippen MR) is 56.4 cm³/mol. The normalized spacial score (nSPS) is 28.1. The Bertz CT molecular complexity index is 244. The van der Waals surface area contributed by atoms with Crippen LogP contribution < -0.4 is 11.1 Å². The molecule has 1 saturated carbocycles. The van der Waals surface area contributed by atoms with E-state index in [0.29, 0.717) is 0 Å². The molecule has 78 valence electrons. The van der Waals surface area contributed by atoms with E-state index in [2.05, 4.69) is 11.2 Å². The van der Waals surface area contributed by atoms with E-state index >= 15 is 0 Å². The second-order valence-corrected chi connectivity index (χ2v) is 3.84. The van der Waals surface area contributed by atoms with E-state index in [-0.39, 0.29) is 23.9 Å². The molecule has 0 aliphatic heterocycles. The molecule has 3 nitrogen and oxygen atoms in total. The van der Waals surface area contributed by atoms with Crippen molar-refractivity contribution in [3.05, 3.63) is 0 Å². The van der Waals surface area contributed by atoms with Crippen molar-refractivity contribution in [3.63, 3.8) is 0 Å². The lowest BCUT2D eigenvalue weighted by Crippen LogP contribution is -2.42. The SMILES string of the molecule is C#CC(CC)NC(=O)C1CCCC1N. The zero-order chi connectivity index (χ0) is 10.6. The largest absolute Gasteiger partial charge is 0.342 e. The lowest BCUT2D eigenvalue weighted by Gasteiger charge is -2.17. The van der Waals surface area contributed by atoms with Gasteiger partial charge >= 0.3 is 0 Å². The lowest BCUT2D eigenvalue weighted by atomic mass is 10.0. The summed E-state index contributed by atoms with van der Waals surface area (Å²) in [5.41, 5.74) is 5.83. The quantitative estimate of drug-likeness (QED) is 0.648. The van der Waals surface area contributed by atoms with Crippen LogP contribution in [0.1, 0.15) is 32.6 Å². The number of amides is 1. The molecule has 14 heavy (non-hydrogen) atoms. The monoisotopic (exact) mass is 194 g/mol. The fourth-order valence-electron chi connectivity index (χ4n) is 1.85. The van der Waals surface area contributed by atoms with Crippen molar-refractivity contribution in [3.8, 4) is 12.3 Å². The Morgan fingerprint density at radius 2 is 2.43 bits per heavy atom. The van der Waals surface area contributed by atoms with Crippen LogP contribution in [0.3, 0.4) is 0 Å². The highest BCUT2D eigenvalue weighted by Gasteiger charge is 2.30. The molecule has 0 saturated heterocycles. The zero-order valence-corrected chi connectivity index (χ0v) is 8.62. The summed E-state index contributed by atoms with van der Waals surface area (Å²) in [5.74, 6) is 2.55. The first-order chi connectivity index (χ1) is 6.69. The molecule has 0 aromatic rings. The second kappa shape index (κ2) is 5.02. The number of terminal acetylenes is 1. The Balaban J connectivity index is 2.45. The van der Waals surface area contributed by atoms with Gasteiger partial charge in [-0.1, -0.05) is 19.3 Å². The minimum absolute atomic E-state index is 0.0188. The van der Waals surface area contributed by atoms with E-state index in [1.165, 1.54) is 0 Å². The molecule has 1 aliphatic rings. The highest BCUT2D eigenvalue weighted by atomic mass is 16.2. The van der Waals surface area contributed by atoms with Gasteiger partial charge in [-0.05, 0) is 19.3 Å². The molecular weight excluding hydrogens is 176 g/mol. The van der Waals surface area contributed by atoms with Gasteiger partial charge < -0.3 is 11.1 Å². The first-order valence-electron chi connectivity index (χ1n) is 5.21. The number of carbonyl (C=O) groups excluding carboxylic acids is 1. The van der Waals surface area contributed by atoms with Crippen LogP contribution in [-0.4, -0.2) is 18.0 Å². The number of nitrogens with two attached hydrogens (primary N) is 1. The van der Waals surface area contributed by atoms with Crippen LogP contribution in [0.25, 0.3) is 0 Å². The molecule has 0 spiro atoms. The molecule has 3 unspecified atom stereocenters. The fraction of sp³-hybridized carbons (Fsp3) is 0.727. The lowest BCUT2D eigenvalue weighted by molar-refractivity contribution is -0.125. The summed E-state index contributed by atoms with van der Waals surface area (Å²) in [6.07, 6.45) is 8.93. The molecule has 1 fully saturated rings. The van der Waals surface area contributed by atoms with E-state index in [0.717, 1.165) is 25.7 Å². The smallest absolute Gasteiger partial charge is 0.225 e. The van der Waals surface area contributed by atoms with Crippen LogP contribution in [0.4, 0.5) is 0 Å². The molecule has 0 aromatic carbocycles. The Kier molecular flexibility index (Phi) is 3.97. The van der Waals surface area contributed by atoms with Crippen molar-refractivity contribution in [1.29, 1.82) is 0 Å². The third-order valence-electron chi connectivity index (χ3n) is 2.83. The molecule has 3 N–H and O–H groups in total. The van der Waals surface area contributed by atoms with E-state index in [1.54, 1.807) is 0 Å². The molecule has 0 aromatic heterocycles. The van der Waals surface area contributed by atoms with Crippen molar-refractivity contribution in [2.45, 2.75) is 44.7 Å². The molecule has 0 bridgehead atoms.